The molecule has 26 heavy (non-hydrogen) atoms. The fourth-order valence-electron chi connectivity index (χ4n) is 3.55. The second-order valence-electron chi connectivity index (χ2n) is 6.41. The number of aliphatic hydroxyl groups excluding tert-OH is 1. The monoisotopic (exact) mass is 349 g/mol. The van der Waals surface area contributed by atoms with Gasteiger partial charge < -0.3 is 19.7 Å². The number of anilines is 1. The number of aliphatic hydroxyl groups is 1. The van der Waals surface area contributed by atoms with Crippen molar-refractivity contribution in [2.24, 2.45) is 0 Å². The molecule has 1 aliphatic rings. The van der Waals surface area contributed by atoms with Gasteiger partial charge in [-0.05, 0) is 12.1 Å². The Labute approximate surface area is 149 Å². The molecule has 1 aliphatic heterocycles. The van der Waals surface area contributed by atoms with Crippen molar-refractivity contribution >= 4 is 22.4 Å². The molecule has 5 rings (SSSR count). The number of ether oxygens (including phenoxy) is 1. The van der Waals surface area contributed by atoms with E-state index in [1.807, 2.05) is 22.8 Å². The minimum atomic E-state index is -0.103. The summed E-state index contributed by atoms with van der Waals surface area (Å²) in [5, 5.41) is 15.1. The molecule has 0 unspecified atom stereocenters. The van der Waals surface area contributed by atoms with Crippen molar-refractivity contribution in [3.8, 4) is 11.3 Å². The van der Waals surface area contributed by atoms with Gasteiger partial charge in [0, 0.05) is 47.9 Å². The van der Waals surface area contributed by atoms with Crippen LogP contribution in [-0.4, -0.2) is 51.0 Å². The highest BCUT2D eigenvalue weighted by Crippen LogP contribution is 2.30. The molecule has 7 heteroatoms. The van der Waals surface area contributed by atoms with E-state index in [2.05, 4.69) is 39.2 Å². The molecule has 0 atom stereocenters. The standard InChI is InChI=1S/C19H19N5O2/c25-12-13-10-18-21-17(14-2-1-3-16-15(14)4-5-20-16)11-19(24(18)22-13)23-6-8-26-9-7-23/h1-5,10-11,20,25H,6-9,12H2. The third-order valence-corrected chi connectivity index (χ3v) is 4.83. The molecule has 0 bridgehead atoms. The van der Waals surface area contributed by atoms with Crippen LogP contribution in [0.25, 0.3) is 27.8 Å². The van der Waals surface area contributed by atoms with Crippen LogP contribution in [0.2, 0.25) is 0 Å². The number of hydrogen-bond acceptors (Lipinski definition) is 5. The van der Waals surface area contributed by atoms with Crippen LogP contribution in [0.4, 0.5) is 5.82 Å². The van der Waals surface area contributed by atoms with Gasteiger partial charge in [-0.3, -0.25) is 0 Å². The summed E-state index contributed by atoms with van der Waals surface area (Å²) in [6.07, 6.45) is 1.94. The Hall–Kier alpha value is -2.90. The lowest BCUT2D eigenvalue weighted by Gasteiger charge is -2.29. The minimum absolute atomic E-state index is 0.103. The molecule has 1 aromatic carbocycles. The molecule has 0 saturated carbocycles. The fourth-order valence-corrected chi connectivity index (χ4v) is 3.55. The molecular formula is C19H19N5O2. The summed E-state index contributed by atoms with van der Waals surface area (Å²) in [6, 6.07) is 12.2. The van der Waals surface area contributed by atoms with Crippen molar-refractivity contribution in [2.75, 3.05) is 31.2 Å². The van der Waals surface area contributed by atoms with Crippen LogP contribution in [0, 0.1) is 0 Å². The zero-order valence-corrected chi connectivity index (χ0v) is 14.2. The van der Waals surface area contributed by atoms with E-state index >= 15 is 0 Å². The maximum atomic E-state index is 9.50. The van der Waals surface area contributed by atoms with Crippen LogP contribution in [0.3, 0.4) is 0 Å². The summed E-state index contributed by atoms with van der Waals surface area (Å²) in [5.41, 5.74) is 4.41. The van der Waals surface area contributed by atoms with Crippen LogP contribution in [-0.2, 0) is 11.3 Å². The summed E-state index contributed by atoms with van der Waals surface area (Å²) in [6.45, 7) is 2.90. The van der Waals surface area contributed by atoms with E-state index in [1.165, 1.54) is 0 Å². The SMILES string of the molecule is OCc1cc2nc(-c3cccc4[nH]ccc34)cc(N3CCOCC3)n2n1. The van der Waals surface area contributed by atoms with Gasteiger partial charge in [0.2, 0.25) is 0 Å². The van der Waals surface area contributed by atoms with Gasteiger partial charge in [0.05, 0.1) is 31.2 Å². The number of aromatic nitrogens is 4. The number of nitrogens with one attached hydrogen (secondary N) is 1. The molecule has 0 radical (unpaired) electrons. The van der Waals surface area contributed by atoms with Crippen LogP contribution in [0.15, 0.2) is 42.6 Å². The molecule has 4 aromatic rings. The first-order chi connectivity index (χ1) is 12.8. The molecular weight excluding hydrogens is 330 g/mol. The van der Waals surface area contributed by atoms with E-state index in [9.17, 15) is 5.11 Å². The quantitative estimate of drug-likeness (QED) is 0.593. The predicted octanol–water partition coefficient (Wildman–Crippen LogP) is 2.21. The van der Waals surface area contributed by atoms with Crippen LogP contribution in [0.1, 0.15) is 5.69 Å². The Morgan fingerprint density at radius 2 is 2.04 bits per heavy atom. The Bertz CT molecular complexity index is 1080. The lowest BCUT2D eigenvalue weighted by molar-refractivity contribution is 0.122. The zero-order chi connectivity index (χ0) is 17.5. The zero-order valence-electron chi connectivity index (χ0n) is 14.2. The average Bonchev–Trinajstić information content (AvgIpc) is 3.34. The number of morpholine rings is 1. The topological polar surface area (TPSA) is 78.7 Å². The second kappa shape index (κ2) is 6.12. The predicted molar refractivity (Wildman–Crippen MR) is 99.2 cm³/mol. The second-order valence-corrected chi connectivity index (χ2v) is 6.41. The smallest absolute Gasteiger partial charge is 0.158 e. The Morgan fingerprint density at radius 1 is 1.15 bits per heavy atom. The maximum absolute atomic E-state index is 9.50. The molecule has 1 fully saturated rings. The van der Waals surface area contributed by atoms with Gasteiger partial charge in [0.1, 0.15) is 5.82 Å². The summed E-state index contributed by atoms with van der Waals surface area (Å²) in [7, 11) is 0. The number of H-pyrrole nitrogens is 1. The lowest BCUT2D eigenvalue weighted by atomic mass is 10.1. The van der Waals surface area contributed by atoms with Crippen molar-refractivity contribution in [3.05, 3.63) is 48.3 Å². The summed E-state index contributed by atoms with van der Waals surface area (Å²) in [4.78, 5) is 10.3. The number of fused-ring (bicyclic) bond motifs is 2. The van der Waals surface area contributed by atoms with Crippen molar-refractivity contribution in [1.29, 1.82) is 0 Å². The minimum Gasteiger partial charge on any atom is -0.390 e. The first-order valence-electron chi connectivity index (χ1n) is 8.73. The highest BCUT2D eigenvalue weighted by atomic mass is 16.5. The van der Waals surface area contributed by atoms with E-state index in [0.29, 0.717) is 18.9 Å². The normalized spacial score (nSPS) is 15.2. The molecule has 0 amide bonds. The Kier molecular flexibility index (Phi) is 3.62. The molecule has 132 valence electrons. The van der Waals surface area contributed by atoms with Crippen LogP contribution < -0.4 is 4.90 Å². The lowest BCUT2D eigenvalue weighted by Crippen LogP contribution is -2.37. The molecule has 2 N–H and O–H groups in total. The first-order valence-corrected chi connectivity index (χ1v) is 8.73. The van der Waals surface area contributed by atoms with Gasteiger partial charge in [0.15, 0.2) is 5.65 Å². The Balaban J connectivity index is 1.74. The van der Waals surface area contributed by atoms with E-state index in [1.54, 1.807) is 0 Å². The largest absolute Gasteiger partial charge is 0.390 e. The molecule has 0 spiro atoms. The van der Waals surface area contributed by atoms with Gasteiger partial charge in [-0.2, -0.15) is 9.61 Å². The van der Waals surface area contributed by atoms with E-state index < -0.39 is 0 Å². The van der Waals surface area contributed by atoms with Gasteiger partial charge >= 0.3 is 0 Å². The highest BCUT2D eigenvalue weighted by molar-refractivity contribution is 5.94. The highest BCUT2D eigenvalue weighted by Gasteiger charge is 2.19. The maximum Gasteiger partial charge on any atom is 0.158 e. The van der Waals surface area contributed by atoms with Crippen molar-refractivity contribution in [3.63, 3.8) is 0 Å². The summed E-state index contributed by atoms with van der Waals surface area (Å²) < 4.78 is 7.31. The molecule has 4 heterocycles. The van der Waals surface area contributed by atoms with Crippen LogP contribution >= 0.6 is 0 Å². The third-order valence-electron chi connectivity index (χ3n) is 4.83. The number of aromatic amines is 1. The van der Waals surface area contributed by atoms with E-state index in [0.717, 1.165) is 46.7 Å². The Morgan fingerprint density at radius 3 is 2.88 bits per heavy atom. The van der Waals surface area contributed by atoms with E-state index in [-0.39, 0.29) is 6.61 Å². The molecule has 1 saturated heterocycles. The summed E-state index contributed by atoms with van der Waals surface area (Å²) in [5.74, 6) is 0.973. The molecule has 3 aromatic heterocycles. The summed E-state index contributed by atoms with van der Waals surface area (Å²) >= 11 is 0. The van der Waals surface area contributed by atoms with Crippen molar-refractivity contribution in [2.45, 2.75) is 6.61 Å². The van der Waals surface area contributed by atoms with E-state index in [4.69, 9.17) is 9.72 Å². The number of rotatable bonds is 3. The number of benzene rings is 1. The first kappa shape index (κ1) is 15.4. The van der Waals surface area contributed by atoms with Crippen molar-refractivity contribution in [1.82, 2.24) is 19.6 Å². The fraction of sp³-hybridized carbons (Fsp3) is 0.263. The van der Waals surface area contributed by atoms with Gasteiger partial charge in [0.25, 0.3) is 0 Å². The average molecular weight is 349 g/mol. The van der Waals surface area contributed by atoms with Gasteiger partial charge in [-0.1, -0.05) is 12.1 Å². The van der Waals surface area contributed by atoms with Crippen molar-refractivity contribution < 1.29 is 9.84 Å². The van der Waals surface area contributed by atoms with Gasteiger partial charge in [-0.25, -0.2) is 4.98 Å². The van der Waals surface area contributed by atoms with Gasteiger partial charge in [-0.15, -0.1) is 0 Å². The molecule has 7 nitrogen and oxygen atoms in total. The number of hydrogen-bond donors (Lipinski definition) is 2. The third kappa shape index (κ3) is 2.44. The number of nitrogens with zero attached hydrogens (tertiary/aromatic N) is 4. The van der Waals surface area contributed by atoms with Crippen LogP contribution in [0.5, 0.6) is 0 Å². The molecule has 0 aliphatic carbocycles.